The van der Waals surface area contributed by atoms with E-state index in [1.165, 1.54) is 11.1 Å². The van der Waals surface area contributed by atoms with E-state index >= 15 is 0 Å². The summed E-state index contributed by atoms with van der Waals surface area (Å²) in [4.78, 5) is 3.94. The highest BCUT2D eigenvalue weighted by atomic mass is 35.5. The van der Waals surface area contributed by atoms with E-state index in [2.05, 4.69) is 90.6 Å². The molecule has 0 radical (unpaired) electrons. The normalized spacial score (nSPS) is 11.5. The van der Waals surface area contributed by atoms with Gasteiger partial charge in [0.1, 0.15) is 24.2 Å². The molecular weight excluding hydrogens is 553 g/mol. The average Bonchev–Trinajstić information content (AvgIpc) is 3.43. The van der Waals surface area contributed by atoms with Crippen LogP contribution in [0.4, 0.5) is 0 Å². The van der Waals surface area contributed by atoms with Gasteiger partial charge in [-0.05, 0) is 69.3 Å². The minimum atomic E-state index is 0.0611. The third-order valence-corrected chi connectivity index (χ3v) is 6.97. The van der Waals surface area contributed by atoms with Crippen molar-refractivity contribution in [2.45, 2.75) is 78.6 Å². The predicted molar refractivity (Wildman–Crippen MR) is 173 cm³/mol. The van der Waals surface area contributed by atoms with Crippen LogP contribution in [0.3, 0.4) is 0 Å². The van der Waals surface area contributed by atoms with Gasteiger partial charge in [0.15, 0.2) is 0 Å². The Morgan fingerprint density at radius 3 is 1.83 bits per heavy atom. The van der Waals surface area contributed by atoms with Crippen LogP contribution in [0.2, 0.25) is 10.0 Å². The summed E-state index contributed by atoms with van der Waals surface area (Å²) in [6.45, 7) is 19.5. The number of benzene rings is 3. The smallest absolute Gasteiger partial charge is 0.138 e. The van der Waals surface area contributed by atoms with Gasteiger partial charge < -0.3 is 9.47 Å². The Morgan fingerprint density at radius 2 is 1.32 bits per heavy atom. The van der Waals surface area contributed by atoms with Crippen molar-refractivity contribution < 1.29 is 9.47 Å². The highest BCUT2D eigenvalue weighted by Gasteiger charge is 2.19. The molecule has 0 unspecified atom stereocenters. The number of hydrogen-bond acceptors (Lipinski definition) is 4. The van der Waals surface area contributed by atoms with Gasteiger partial charge in [0, 0.05) is 5.02 Å². The maximum Gasteiger partial charge on any atom is 0.138 e. The Labute approximate surface area is 256 Å². The van der Waals surface area contributed by atoms with Gasteiger partial charge in [-0.15, -0.1) is 0 Å². The quantitative estimate of drug-likeness (QED) is 0.236. The van der Waals surface area contributed by atoms with Gasteiger partial charge in [0.05, 0.1) is 24.9 Å². The fourth-order valence-electron chi connectivity index (χ4n) is 3.82. The largest absolute Gasteiger partial charge is 0.497 e. The summed E-state index contributed by atoms with van der Waals surface area (Å²) in [5, 5.41) is 5.56. The molecule has 4 rings (SSSR count). The van der Waals surface area contributed by atoms with Gasteiger partial charge >= 0.3 is 0 Å². The van der Waals surface area contributed by atoms with Crippen molar-refractivity contribution in [3.63, 3.8) is 0 Å². The first-order chi connectivity index (χ1) is 19.0. The van der Waals surface area contributed by atoms with Crippen molar-refractivity contribution in [1.82, 2.24) is 14.8 Å². The topological polar surface area (TPSA) is 49.2 Å². The fourth-order valence-corrected chi connectivity index (χ4v) is 4.53. The molecule has 0 atom stereocenters. The maximum atomic E-state index is 6.17. The van der Waals surface area contributed by atoms with E-state index in [-0.39, 0.29) is 16.2 Å². The maximum absolute atomic E-state index is 6.17. The van der Waals surface area contributed by atoms with Crippen LogP contribution in [-0.4, -0.2) is 29.0 Å². The molecule has 0 saturated heterocycles. The summed E-state index contributed by atoms with van der Waals surface area (Å²) in [5.41, 5.74) is 5.00. The number of halogens is 2. The molecule has 0 aliphatic heterocycles. The molecule has 3 aromatic carbocycles. The third-order valence-electron chi connectivity index (χ3n) is 6.36. The van der Waals surface area contributed by atoms with Gasteiger partial charge in [0.25, 0.3) is 0 Å². The van der Waals surface area contributed by atoms with E-state index < -0.39 is 0 Å². The average molecular weight is 599 g/mol. The number of methoxy groups -OCH3 is 2. The predicted octanol–water partition coefficient (Wildman–Crippen LogP) is 9.86. The summed E-state index contributed by atoms with van der Waals surface area (Å²) in [7, 11) is 3.28. The molecule has 41 heavy (non-hydrogen) atoms. The second-order valence-corrected chi connectivity index (χ2v) is 13.7. The lowest BCUT2D eigenvalue weighted by atomic mass is 9.87. The first-order valence-electron chi connectivity index (χ1n) is 13.6. The van der Waals surface area contributed by atoms with E-state index in [0.29, 0.717) is 0 Å². The molecule has 0 aliphatic rings. The van der Waals surface area contributed by atoms with Crippen LogP contribution in [0, 0.1) is 0 Å². The first kappa shape index (κ1) is 34.2. The summed E-state index contributed by atoms with van der Waals surface area (Å²) in [6.07, 6.45) is 3.26. The molecule has 222 valence electrons. The fraction of sp³-hybridized carbons (Fsp3) is 0.412. The van der Waals surface area contributed by atoms with Crippen LogP contribution >= 0.6 is 23.2 Å². The number of ether oxygens (including phenoxy) is 2. The SMILES string of the molecule is CC(C)(C)c1cccc(-n2cncn2)c1.COc1cc(Cl)cc(C(C)(C)C)c1.COc1cccc(C(C)(C)C)c1Cl. The molecule has 0 amide bonds. The van der Waals surface area contributed by atoms with Crippen LogP contribution < -0.4 is 9.47 Å². The molecule has 4 aromatic rings. The molecule has 0 saturated carbocycles. The second kappa shape index (κ2) is 14.2. The van der Waals surface area contributed by atoms with Crippen LogP contribution in [0.5, 0.6) is 11.5 Å². The summed E-state index contributed by atoms with van der Waals surface area (Å²) in [6, 6.07) is 20.1. The minimum absolute atomic E-state index is 0.0611. The summed E-state index contributed by atoms with van der Waals surface area (Å²) >= 11 is 12.1. The summed E-state index contributed by atoms with van der Waals surface area (Å²) in [5.74, 6) is 1.56. The van der Waals surface area contributed by atoms with E-state index in [4.69, 9.17) is 32.7 Å². The highest BCUT2D eigenvalue weighted by Crippen LogP contribution is 2.35. The highest BCUT2D eigenvalue weighted by molar-refractivity contribution is 6.33. The molecule has 0 N–H and O–H groups in total. The second-order valence-electron chi connectivity index (χ2n) is 12.8. The van der Waals surface area contributed by atoms with Crippen molar-refractivity contribution in [1.29, 1.82) is 0 Å². The van der Waals surface area contributed by atoms with Crippen LogP contribution in [0.15, 0.2) is 73.3 Å². The van der Waals surface area contributed by atoms with Crippen LogP contribution in [-0.2, 0) is 16.2 Å². The zero-order valence-electron chi connectivity index (χ0n) is 26.3. The molecule has 1 aromatic heterocycles. The van der Waals surface area contributed by atoms with Crippen LogP contribution in [0.1, 0.15) is 79.0 Å². The lowest BCUT2D eigenvalue weighted by molar-refractivity contribution is 0.412. The van der Waals surface area contributed by atoms with Gasteiger partial charge in [-0.1, -0.05) is 110 Å². The zero-order valence-corrected chi connectivity index (χ0v) is 27.9. The number of nitrogens with zero attached hydrogens (tertiary/aromatic N) is 3. The monoisotopic (exact) mass is 597 g/mol. The van der Waals surface area contributed by atoms with Gasteiger partial charge in [-0.25, -0.2) is 9.67 Å². The zero-order chi connectivity index (χ0) is 31.0. The lowest BCUT2D eigenvalue weighted by Gasteiger charge is -2.21. The van der Waals surface area contributed by atoms with Gasteiger partial charge in [-0.3, -0.25) is 0 Å². The Kier molecular flexibility index (Phi) is 11.9. The van der Waals surface area contributed by atoms with Gasteiger partial charge in [0.2, 0.25) is 0 Å². The standard InChI is InChI=1S/C12H15N3.2C11H15ClO/c1-12(2,3)10-5-4-6-11(7-10)15-9-13-8-14-15;1-11(2,3)8-5-9(12)7-10(6-8)13-4;1-11(2,3)8-6-5-7-9(13-4)10(8)12/h4-9H,1-3H3;2*5-7H,1-4H3. The molecular formula is C34H45Cl2N3O2. The van der Waals surface area contributed by atoms with E-state index in [1.807, 2.05) is 42.5 Å². The molecule has 0 aliphatic carbocycles. The van der Waals surface area contributed by atoms with Crippen molar-refractivity contribution in [3.05, 3.63) is 100 Å². The Hall–Kier alpha value is -3.02. The number of hydrogen-bond donors (Lipinski definition) is 0. The Bertz CT molecular complexity index is 1380. The molecule has 5 nitrogen and oxygen atoms in total. The summed E-state index contributed by atoms with van der Waals surface area (Å²) < 4.78 is 12.1. The van der Waals surface area contributed by atoms with Crippen molar-refractivity contribution in [3.8, 4) is 17.2 Å². The van der Waals surface area contributed by atoms with Gasteiger partial charge in [-0.2, -0.15) is 5.10 Å². The Balaban J connectivity index is 0.000000216. The first-order valence-corrected chi connectivity index (χ1v) is 14.4. The van der Waals surface area contributed by atoms with E-state index in [9.17, 15) is 0 Å². The van der Waals surface area contributed by atoms with E-state index in [1.54, 1.807) is 31.6 Å². The minimum Gasteiger partial charge on any atom is -0.497 e. The van der Waals surface area contributed by atoms with E-state index in [0.717, 1.165) is 32.8 Å². The molecule has 0 fully saturated rings. The number of rotatable bonds is 3. The molecule has 7 heteroatoms. The Morgan fingerprint density at radius 1 is 0.683 bits per heavy atom. The molecule has 0 bridgehead atoms. The molecule has 1 heterocycles. The number of aromatic nitrogens is 3. The van der Waals surface area contributed by atoms with Crippen LogP contribution in [0.25, 0.3) is 5.69 Å². The van der Waals surface area contributed by atoms with Crippen molar-refractivity contribution in [2.75, 3.05) is 14.2 Å². The van der Waals surface area contributed by atoms with Crippen molar-refractivity contribution in [2.24, 2.45) is 0 Å². The lowest BCUT2D eigenvalue weighted by Crippen LogP contribution is -2.11. The van der Waals surface area contributed by atoms with Crippen molar-refractivity contribution >= 4 is 23.2 Å². The third kappa shape index (κ3) is 10.4. The molecule has 0 spiro atoms.